The lowest BCUT2D eigenvalue weighted by Gasteiger charge is -2.33. The molecule has 0 spiro atoms. The molecule has 7 heteroatoms. The van der Waals surface area contributed by atoms with Crippen molar-refractivity contribution in [2.24, 2.45) is 5.92 Å². The van der Waals surface area contributed by atoms with Crippen LogP contribution in [0.4, 0.5) is 11.4 Å². The van der Waals surface area contributed by atoms with E-state index in [0.717, 1.165) is 5.56 Å². The maximum absolute atomic E-state index is 13.0. The highest BCUT2D eigenvalue weighted by Gasteiger charge is 2.40. The van der Waals surface area contributed by atoms with Gasteiger partial charge in [-0.1, -0.05) is 35.4 Å². The minimum absolute atomic E-state index is 0.147. The van der Waals surface area contributed by atoms with Gasteiger partial charge < -0.3 is 10.1 Å². The Balaban J connectivity index is 2.00. The summed E-state index contributed by atoms with van der Waals surface area (Å²) >= 11 is 5.98. The van der Waals surface area contributed by atoms with Gasteiger partial charge in [-0.3, -0.25) is 14.5 Å². The van der Waals surface area contributed by atoms with Crippen molar-refractivity contribution in [1.82, 2.24) is 0 Å². The van der Waals surface area contributed by atoms with Crippen LogP contribution in [-0.4, -0.2) is 24.4 Å². The van der Waals surface area contributed by atoms with Crippen molar-refractivity contribution in [3.63, 3.8) is 0 Å². The van der Waals surface area contributed by atoms with Crippen molar-refractivity contribution < 1.29 is 19.1 Å². The molecule has 3 rings (SSSR count). The molecule has 0 saturated heterocycles. The molecule has 6 nitrogen and oxygen atoms in total. The number of esters is 1. The summed E-state index contributed by atoms with van der Waals surface area (Å²) in [4.78, 5) is 40.2. The van der Waals surface area contributed by atoms with Gasteiger partial charge in [0.1, 0.15) is 0 Å². The molecule has 30 heavy (non-hydrogen) atoms. The van der Waals surface area contributed by atoms with Crippen molar-refractivity contribution in [1.29, 1.82) is 0 Å². The number of ether oxygens (including phenoxy) is 1. The fourth-order valence-corrected chi connectivity index (χ4v) is 3.67. The molecule has 0 aromatic heterocycles. The lowest BCUT2D eigenvalue weighted by molar-refractivity contribution is -0.141. The van der Waals surface area contributed by atoms with E-state index in [4.69, 9.17) is 16.3 Å². The first kappa shape index (κ1) is 21.6. The normalized spacial score (nSPS) is 16.5. The number of nitrogens with zero attached hydrogens (tertiary/aromatic N) is 1. The van der Waals surface area contributed by atoms with E-state index in [1.54, 1.807) is 38.1 Å². The molecule has 1 atom stereocenters. The van der Waals surface area contributed by atoms with Gasteiger partial charge >= 0.3 is 5.97 Å². The molecule has 0 saturated carbocycles. The van der Waals surface area contributed by atoms with Crippen LogP contribution in [0.15, 0.2) is 59.8 Å². The van der Waals surface area contributed by atoms with Crippen LogP contribution in [0.25, 0.3) is 0 Å². The highest BCUT2D eigenvalue weighted by Crippen LogP contribution is 2.34. The van der Waals surface area contributed by atoms with Crippen molar-refractivity contribution in [2.45, 2.75) is 27.2 Å². The van der Waals surface area contributed by atoms with E-state index in [1.807, 2.05) is 31.2 Å². The van der Waals surface area contributed by atoms with E-state index in [-0.39, 0.29) is 24.5 Å². The number of carbonyl (C=O) groups is 3. The number of amides is 2. The third-order valence-electron chi connectivity index (χ3n) is 4.90. The van der Waals surface area contributed by atoms with Gasteiger partial charge in [0.2, 0.25) is 11.8 Å². The molecule has 0 radical (unpaired) electrons. The van der Waals surface area contributed by atoms with E-state index in [2.05, 4.69) is 5.32 Å². The number of anilines is 2. The Labute approximate surface area is 180 Å². The second-order valence-electron chi connectivity index (χ2n) is 7.04. The van der Waals surface area contributed by atoms with Crippen LogP contribution in [-0.2, 0) is 19.1 Å². The number of nitrogens with one attached hydrogen (secondary N) is 1. The van der Waals surface area contributed by atoms with E-state index >= 15 is 0 Å². The Kier molecular flexibility index (Phi) is 6.57. The van der Waals surface area contributed by atoms with Crippen LogP contribution in [0.3, 0.4) is 0 Å². The predicted octanol–water partition coefficient (Wildman–Crippen LogP) is 4.48. The average Bonchev–Trinajstić information content (AvgIpc) is 2.69. The third kappa shape index (κ3) is 4.54. The third-order valence-corrected chi connectivity index (χ3v) is 5.13. The zero-order valence-corrected chi connectivity index (χ0v) is 17.8. The number of aryl methyl sites for hydroxylation is 1. The second-order valence-corrected chi connectivity index (χ2v) is 7.48. The molecule has 1 aliphatic heterocycles. The Morgan fingerprint density at radius 3 is 2.50 bits per heavy atom. The zero-order chi connectivity index (χ0) is 21.8. The molecule has 1 aliphatic rings. The van der Waals surface area contributed by atoms with E-state index < -0.39 is 17.8 Å². The fraction of sp³-hybridized carbons (Fsp3) is 0.261. The molecule has 1 unspecified atom stereocenters. The van der Waals surface area contributed by atoms with Crippen LogP contribution < -0.4 is 10.2 Å². The van der Waals surface area contributed by atoms with Crippen LogP contribution in [0.1, 0.15) is 25.8 Å². The van der Waals surface area contributed by atoms with Crippen molar-refractivity contribution in [3.05, 3.63) is 70.4 Å². The molecule has 0 aliphatic carbocycles. The quantitative estimate of drug-likeness (QED) is 0.715. The Hall–Kier alpha value is -3.12. The van der Waals surface area contributed by atoms with Gasteiger partial charge in [0, 0.05) is 28.5 Å². The number of halogens is 1. The van der Waals surface area contributed by atoms with Crippen molar-refractivity contribution in [2.75, 3.05) is 16.8 Å². The maximum atomic E-state index is 13.0. The average molecular weight is 427 g/mol. The molecule has 0 bridgehead atoms. The Bertz CT molecular complexity index is 1010. The summed E-state index contributed by atoms with van der Waals surface area (Å²) in [7, 11) is 0. The van der Waals surface area contributed by atoms with Gasteiger partial charge in [-0.2, -0.15) is 0 Å². The van der Waals surface area contributed by atoms with Gasteiger partial charge in [0.25, 0.3) is 0 Å². The number of hydrogen-bond acceptors (Lipinski definition) is 4. The standard InChI is InChI=1S/C23H23ClN2O4/c1-4-30-23(29)21-15(3)26(18-10-8-14(2)9-11-18)20(27)13-19(21)22(28)25-17-7-5-6-16(24)12-17/h5-12,19H,4,13H2,1-3H3,(H,25,28). The molecular weight excluding hydrogens is 404 g/mol. The van der Waals surface area contributed by atoms with Crippen molar-refractivity contribution in [3.8, 4) is 0 Å². The van der Waals surface area contributed by atoms with Crippen LogP contribution in [0, 0.1) is 12.8 Å². The first-order valence-electron chi connectivity index (χ1n) is 9.65. The topological polar surface area (TPSA) is 75.7 Å². The van der Waals surface area contributed by atoms with Crippen LogP contribution >= 0.6 is 11.6 Å². The molecular formula is C23H23ClN2O4. The highest BCUT2D eigenvalue weighted by atomic mass is 35.5. The smallest absolute Gasteiger partial charge is 0.336 e. The summed E-state index contributed by atoms with van der Waals surface area (Å²) in [6.45, 7) is 5.46. The molecule has 2 aromatic rings. The number of benzene rings is 2. The maximum Gasteiger partial charge on any atom is 0.336 e. The van der Waals surface area contributed by atoms with Gasteiger partial charge in [-0.05, 0) is 51.1 Å². The molecule has 2 amide bonds. The largest absolute Gasteiger partial charge is 0.463 e. The summed E-state index contributed by atoms with van der Waals surface area (Å²) < 4.78 is 5.20. The van der Waals surface area contributed by atoms with Crippen LogP contribution in [0.2, 0.25) is 5.02 Å². The van der Waals surface area contributed by atoms with Crippen LogP contribution in [0.5, 0.6) is 0 Å². The lowest BCUT2D eigenvalue weighted by Crippen LogP contribution is -2.43. The first-order chi connectivity index (χ1) is 14.3. The zero-order valence-electron chi connectivity index (χ0n) is 17.1. The Morgan fingerprint density at radius 1 is 1.17 bits per heavy atom. The summed E-state index contributed by atoms with van der Waals surface area (Å²) in [5, 5.41) is 3.21. The SMILES string of the molecule is CCOC(=O)C1=C(C)N(c2ccc(C)cc2)C(=O)CC1C(=O)Nc1cccc(Cl)c1. The minimum atomic E-state index is -0.961. The first-order valence-corrected chi connectivity index (χ1v) is 10.0. The fourth-order valence-electron chi connectivity index (χ4n) is 3.48. The van der Waals surface area contributed by atoms with Crippen molar-refractivity contribution >= 4 is 40.8 Å². The minimum Gasteiger partial charge on any atom is -0.463 e. The lowest BCUT2D eigenvalue weighted by atomic mass is 9.88. The Morgan fingerprint density at radius 2 is 1.87 bits per heavy atom. The van der Waals surface area contributed by atoms with Gasteiger partial charge in [0.05, 0.1) is 18.1 Å². The number of carbonyl (C=O) groups excluding carboxylic acids is 3. The molecule has 1 N–H and O–H groups in total. The van der Waals surface area contributed by atoms with E-state index in [0.29, 0.717) is 22.1 Å². The molecule has 156 valence electrons. The van der Waals surface area contributed by atoms with E-state index in [1.165, 1.54) is 4.90 Å². The number of allylic oxidation sites excluding steroid dienone is 1. The predicted molar refractivity (Wildman–Crippen MR) is 116 cm³/mol. The number of hydrogen-bond donors (Lipinski definition) is 1. The molecule has 1 heterocycles. The molecule has 0 fully saturated rings. The summed E-state index contributed by atoms with van der Waals surface area (Å²) in [6.07, 6.45) is -0.147. The highest BCUT2D eigenvalue weighted by molar-refractivity contribution is 6.31. The summed E-state index contributed by atoms with van der Waals surface area (Å²) in [6, 6.07) is 14.1. The molecule has 2 aromatic carbocycles. The van der Waals surface area contributed by atoms with Gasteiger partial charge in [0.15, 0.2) is 0 Å². The van der Waals surface area contributed by atoms with Gasteiger partial charge in [-0.15, -0.1) is 0 Å². The number of rotatable bonds is 5. The second kappa shape index (κ2) is 9.13. The van der Waals surface area contributed by atoms with Gasteiger partial charge in [-0.25, -0.2) is 4.79 Å². The summed E-state index contributed by atoms with van der Waals surface area (Å²) in [5.41, 5.74) is 2.74. The van der Waals surface area contributed by atoms with E-state index in [9.17, 15) is 14.4 Å². The monoisotopic (exact) mass is 426 g/mol. The summed E-state index contributed by atoms with van der Waals surface area (Å²) in [5.74, 6) is -2.30.